The third-order valence-electron chi connectivity index (χ3n) is 2.24. The molecule has 0 aromatic rings. The molecule has 1 unspecified atom stereocenters. The van der Waals surface area contributed by atoms with Gasteiger partial charge in [-0.2, -0.15) is 13.2 Å². The minimum absolute atomic E-state index is 0.349. The van der Waals surface area contributed by atoms with E-state index in [2.05, 4.69) is 21.0 Å². The Balaban J connectivity index is 2.86. The number of carboxylic acid groups (broad SMARTS) is 1. The standard InChI is InChI=1S/C7H8F3O3.Al/c1-6(7(8,9)10)3-2-4(13-6)5(11)12;/h2,4H,3H2,1H3,(H,11,12);/t4?,6-;/m1./s1. The number of aliphatic carboxylic acids is 1. The molecular weight excluding hydrogens is 216 g/mol. The molecule has 1 saturated heterocycles. The Hall–Kier alpha value is -0.248. The number of ether oxygens (including phenoxy) is 1. The average molecular weight is 224 g/mol. The maximum absolute atomic E-state index is 12.4. The van der Waals surface area contributed by atoms with Crippen molar-refractivity contribution >= 4 is 22.3 Å². The van der Waals surface area contributed by atoms with Crippen molar-refractivity contribution in [3.63, 3.8) is 0 Å². The van der Waals surface area contributed by atoms with E-state index in [1.165, 1.54) is 0 Å². The first kappa shape index (κ1) is 11.8. The summed E-state index contributed by atoms with van der Waals surface area (Å²) in [6, 6.07) is 0. The highest BCUT2D eigenvalue weighted by Gasteiger charge is 2.59. The monoisotopic (exact) mass is 224 g/mol. The van der Waals surface area contributed by atoms with Crippen LogP contribution in [0.15, 0.2) is 0 Å². The second-order valence-corrected chi connectivity index (χ2v) is 4.33. The SMILES string of the molecule is C[C@]1(C(F)(F)F)C[C@@H]([Al])C(C(=O)O)O1. The predicted molar refractivity (Wildman–Crippen MR) is 41.1 cm³/mol. The molecule has 1 aliphatic rings. The van der Waals surface area contributed by atoms with Gasteiger partial charge in [-0.1, -0.05) is 4.78 Å². The van der Waals surface area contributed by atoms with Crippen LogP contribution in [0.2, 0.25) is 4.78 Å². The summed E-state index contributed by atoms with van der Waals surface area (Å²) in [5.41, 5.74) is -2.34. The number of rotatable bonds is 1. The molecule has 1 heterocycles. The van der Waals surface area contributed by atoms with Crippen LogP contribution in [0.4, 0.5) is 13.2 Å². The normalized spacial score (nSPS) is 38.6. The van der Waals surface area contributed by atoms with Crippen LogP contribution in [-0.4, -0.2) is 45.2 Å². The third kappa shape index (κ3) is 1.90. The van der Waals surface area contributed by atoms with E-state index in [4.69, 9.17) is 5.11 Å². The van der Waals surface area contributed by atoms with Gasteiger partial charge in [-0.25, -0.2) is 4.79 Å². The van der Waals surface area contributed by atoms with Crippen LogP contribution in [0.3, 0.4) is 0 Å². The van der Waals surface area contributed by atoms with Crippen LogP contribution in [-0.2, 0) is 9.53 Å². The van der Waals surface area contributed by atoms with E-state index in [1.54, 1.807) is 0 Å². The first-order valence-electron chi connectivity index (χ1n) is 3.90. The fourth-order valence-electron chi connectivity index (χ4n) is 1.39. The van der Waals surface area contributed by atoms with E-state index in [9.17, 15) is 18.0 Å². The fourth-order valence-corrected chi connectivity index (χ4v) is 2.08. The zero-order chi connectivity index (χ0) is 11.1. The summed E-state index contributed by atoms with van der Waals surface area (Å²) < 4.78 is 41.1. The van der Waals surface area contributed by atoms with E-state index in [1.807, 2.05) is 0 Å². The molecule has 3 nitrogen and oxygen atoms in total. The van der Waals surface area contributed by atoms with Gasteiger partial charge in [0, 0.05) is 0 Å². The van der Waals surface area contributed by atoms with Crippen molar-refractivity contribution in [1.29, 1.82) is 0 Å². The van der Waals surface area contributed by atoms with Crippen molar-refractivity contribution < 1.29 is 27.8 Å². The Morgan fingerprint density at radius 1 is 1.64 bits per heavy atom. The van der Waals surface area contributed by atoms with Crippen molar-refractivity contribution in [2.45, 2.75) is 36.0 Å². The van der Waals surface area contributed by atoms with Gasteiger partial charge in [0.1, 0.15) is 22.4 Å². The molecular formula is C7H8AlF3O3. The summed E-state index contributed by atoms with van der Waals surface area (Å²) in [6.07, 6.45) is -6.28. The van der Waals surface area contributed by atoms with Gasteiger partial charge in [-0.3, -0.25) is 0 Å². The molecule has 3 atom stereocenters. The lowest BCUT2D eigenvalue weighted by atomic mass is 10.0. The highest BCUT2D eigenvalue weighted by atomic mass is 27.0. The minimum atomic E-state index is -4.54. The zero-order valence-electron chi connectivity index (χ0n) is 7.34. The van der Waals surface area contributed by atoms with Crippen molar-refractivity contribution in [3.8, 4) is 0 Å². The lowest BCUT2D eigenvalue weighted by Crippen LogP contribution is -2.42. The highest BCUT2D eigenvalue weighted by molar-refractivity contribution is 6.14. The lowest BCUT2D eigenvalue weighted by Gasteiger charge is -2.26. The van der Waals surface area contributed by atoms with Gasteiger partial charge >= 0.3 is 12.1 Å². The molecule has 0 bridgehead atoms. The van der Waals surface area contributed by atoms with E-state index in [0.717, 1.165) is 6.92 Å². The molecule has 14 heavy (non-hydrogen) atoms. The topological polar surface area (TPSA) is 46.5 Å². The molecule has 0 aliphatic carbocycles. The Kier molecular flexibility index (Phi) is 2.87. The molecule has 1 rings (SSSR count). The zero-order valence-corrected chi connectivity index (χ0v) is 8.49. The fraction of sp³-hybridized carbons (Fsp3) is 0.857. The van der Waals surface area contributed by atoms with Gasteiger partial charge in [-0.05, 0) is 13.3 Å². The second-order valence-electron chi connectivity index (χ2n) is 3.47. The summed E-state index contributed by atoms with van der Waals surface area (Å²) >= 11 is 2.07. The molecule has 2 radical (unpaired) electrons. The van der Waals surface area contributed by atoms with Gasteiger partial charge in [0.15, 0.2) is 5.60 Å². The first-order chi connectivity index (χ1) is 6.17. The van der Waals surface area contributed by atoms with Crippen molar-refractivity contribution in [3.05, 3.63) is 0 Å². The molecule has 1 aliphatic heterocycles. The lowest BCUT2D eigenvalue weighted by molar-refractivity contribution is -0.263. The molecule has 1 fully saturated rings. The van der Waals surface area contributed by atoms with Crippen molar-refractivity contribution in [1.82, 2.24) is 0 Å². The quantitative estimate of drug-likeness (QED) is 0.679. The second kappa shape index (κ2) is 3.40. The van der Waals surface area contributed by atoms with Crippen LogP contribution in [0.25, 0.3) is 0 Å². The van der Waals surface area contributed by atoms with Crippen LogP contribution >= 0.6 is 0 Å². The first-order valence-corrected chi connectivity index (χ1v) is 4.57. The predicted octanol–water partition coefficient (Wildman–Crippen LogP) is 1.14. The summed E-state index contributed by atoms with van der Waals surface area (Å²) in [5.74, 6) is -1.36. The van der Waals surface area contributed by atoms with Crippen LogP contribution in [0, 0.1) is 0 Å². The largest absolute Gasteiger partial charge is 0.479 e. The minimum Gasteiger partial charge on any atom is -0.479 e. The number of hydrogen-bond acceptors (Lipinski definition) is 2. The van der Waals surface area contributed by atoms with Gasteiger partial charge in [0.05, 0.1) is 0 Å². The Bertz CT molecular complexity index is 255. The third-order valence-corrected chi connectivity index (χ3v) is 2.83. The van der Waals surface area contributed by atoms with Crippen LogP contribution in [0.5, 0.6) is 0 Å². The summed E-state index contributed by atoms with van der Waals surface area (Å²) in [6.45, 7) is 0.868. The molecule has 1 N–H and O–H groups in total. The molecule has 0 aromatic carbocycles. The van der Waals surface area contributed by atoms with Gasteiger partial charge in [0.2, 0.25) is 0 Å². The molecule has 7 heteroatoms. The summed E-state index contributed by atoms with van der Waals surface area (Å²) in [7, 11) is 0. The molecule has 78 valence electrons. The maximum Gasteiger partial charge on any atom is 0.417 e. The Labute approximate surface area is 86.7 Å². The van der Waals surface area contributed by atoms with E-state index < -0.39 is 28.6 Å². The molecule has 0 spiro atoms. The van der Waals surface area contributed by atoms with E-state index in [-0.39, 0.29) is 6.42 Å². The van der Waals surface area contributed by atoms with E-state index >= 15 is 0 Å². The van der Waals surface area contributed by atoms with Gasteiger partial charge < -0.3 is 9.84 Å². The molecule has 0 saturated carbocycles. The number of carboxylic acids is 1. The Morgan fingerprint density at radius 3 is 2.36 bits per heavy atom. The van der Waals surface area contributed by atoms with Gasteiger partial charge in [0.25, 0.3) is 0 Å². The maximum atomic E-state index is 12.4. The smallest absolute Gasteiger partial charge is 0.417 e. The van der Waals surface area contributed by atoms with E-state index in [0.29, 0.717) is 0 Å². The van der Waals surface area contributed by atoms with Crippen LogP contribution < -0.4 is 0 Å². The molecule has 0 aromatic heterocycles. The Morgan fingerprint density at radius 2 is 2.14 bits per heavy atom. The van der Waals surface area contributed by atoms with Gasteiger partial charge in [-0.15, -0.1) is 0 Å². The van der Waals surface area contributed by atoms with Crippen molar-refractivity contribution in [2.24, 2.45) is 0 Å². The summed E-state index contributed by atoms with van der Waals surface area (Å²) in [5, 5.41) is 8.58. The number of carbonyl (C=O) groups is 1. The summed E-state index contributed by atoms with van der Waals surface area (Å²) in [4.78, 5) is 10.5. The van der Waals surface area contributed by atoms with Crippen LogP contribution in [0.1, 0.15) is 13.3 Å². The number of alkyl halides is 3. The molecule has 0 amide bonds. The van der Waals surface area contributed by atoms with Crippen molar-refractivity contribution in [2.75, 3.05) is 0 Å². The number of hydrogen-bond donors (Lipinski definition) is 1. The number of halogens is 3. The highest BCUT2D eigenvalue weighted by Crippen LogP contribution is 2.46. The average Bonchev–Trinajstić information content (AvgIpc) is 2.26.